The van der Waals surface area contributed by atoms with E-state index < -0.39 is 41.9 Å². The number of piperidine rings is 1. The van der Waals surface area contributed by atoms with Gasteiger partial charge in [-0.25, -0.2) is 0 Å². The van der Waals surface area contributed by atoms with Crippen LogP contribution in [0, 0.1) is 0 Å². The number of carbonyl (C=O) groups excluding carboxylic acids is 4. The fourth-order valence-corrected chi connectivity index (χ4v) is 3.87. The monoisotopic (exact) mass is 449 g/mol. The van der Waals surface area contributed by atoms with Crippen molar-refractivity contribution < 1.29 is 32.3 Å². The quantitative estimate of drug-likeness (QED) is 0.682. The first kappa shape index (κ1) is 21.5. The summed E-state index contributed by atoms with van der Waals surface area (Å²) in [6.45, 7) is 0.00681. The van der Waals surface area contributed by atoms with E-state index in [1.165, 1.54) is 34.8 Å². The molecule has 1 aromatic heterocycles. The number of aryl methyl sites for hydroxylation is 1. The summed E-state index contributed by atoms with van der Waals surface area (Å²) in [5, 5.41) is 7.88. The van der Waals surface area contributed by atoms with E-state index in [0.717, 1.165) is 12.4 Å². The molecule has 0 radical (unpaired) electrons. The minimum Gasteiger partial charge on any atom is -0.337 e. The highest BCUT2D eigenvalue weighted by Crippen LogP contribution is 2.33. The molecule has 0 saturated carbocycles. The van der Waals surface area contributed by atoms with E-state index in [1.54, 1.807) is 0 Å². The van der Waals surface area contributed by atoms with Crippen molar-refractivity contribution >= 4 is 23.6 Å². The average molecular weight is 449 g/mol. The van der Waals surface area contributed by atoms with E-state index in [4.69, 9.17) is 0 Å². The molecule has 1 aromatic carbocycles. The van der Waals surface area contributed by atoms with Crippen LogP contribution in [0.15, 0.2) is 30.6 Å². The van der Waals surface area contributed by atoms with Crippen molar-refractivity contribution in [1.29, 1.82) is 0 Å². The highest BCUT2D eigenvalue weighted by molar-refractivity contribution is 6.06. The highest BCUT2D eigenvalue weighted by Gasteiger charge is 2.43. The topological polar surface area (TPSA) is 113 Å². The first-order chi connectivity index (χ1) is 15.0. The van der Waals surface area contributed by atoms with Crippen LogP contribution in [0.5, 0.6) is 0 Å². The Morgan fingerprint density at radius 2 is 2.03 bits per heavy atom. The van der Waals surface area contributed by atoms with Crippen LogP contribution in [0.2, 0.25) is 0 Å². The van der Waals surface area contributed by atoms with Crippen molar-refractivity contribution in [3.63, 3.8) is 0 Å². The van der Waals surface area contributed by atoms with Crippen LogP contribution in [-0.4, -0.2) is 50.5 Å². The Kier molecular flexibility index (Phi) is 5.23. The Bertz CT molecular complexity index is 1130. The van der Waals surface area contributed by atoms with Crippen LogP contribution in [-0.2, 0) is 23.2 Å². The van der Waals surface area contributed by atoms with Gasteiger partial charge in [0.2, 0.25) is 11.8 Å². The van der Waals surface area contributed by atoms with Gasteiger partial charge in [0, 0.05) is 42.9 Å². The second-order valence-corrected chi connectivity index (χ2v) is 7.67. The van der Waals surface area contributed by atoms with Crippen molar-refractivity contribution in [1.82, 2.24) is 25.3 Å². The summed E-state index contributed by atoms with van der Waals surface area (Å²) < 4.78 is 41.8. The standard InChI is InChI=1S/C20H18F3N5O4/c1-27-8-12(7-24-27)16(20(21,22)23)26-17(30)10-2-3-13-11(6-10)9-28(19(13)32)14-4-5-15(29)25-18(14)31/h2-3,6-8,14,16H,4-5,9H2,1H3,(H,26,30)(H,25,29,31). The molecule has 2 unspecified atom stereocenters. The molecule has 4 rings (SSSR count). The third kappa shape index (κ3) is 3.95. The number of alkyl halides is 3. The molecule has 9 nitrogen and oxygen atoms in total. The molecular weight excluding hydrogens is 431 g/mol. The Balaban J connectivity index is 1.54. The van der Waals surface area contributed by atoms with Gasteiger partial charge in [-0.3, -0.25) is 29.2 Å². The van der Waals surface area contributed by atoms with Gasteiger partial charge in [-0.2, -0.15) is 18.3 Å². The van der Waals surface area contributed by atoms with Gasteiger partial charge in [0.25, 0.3) is 11.8 Å². The maximum atomic E-state index is 13.5. The van der Waals surface area contributed by atoms with E-state index in [-0.39, 0.29) is 36.1 Å². The third-order valence-corrected chi connectivity index (χ3v) is 5.45. The summed E-state index contributed by atoms with van der Waals surface area (Å²) >= 11 is 0. The van der Waals surface area contributed by atoms with Crippen molar-refractivity contribution in [2.45, 2.75) is 37.6 Å². The van der Waals surface area contributed by atoms with E-state index in [0.29, 0.717) is 5.56 Å². The molecule has 2 N–H and O–H groups in total. The molecule has 0 bridgehead atoms. The van der Waals surface area contributed by atoms with E-state index in [9.17, 15) is 32.3 Å². The van der Waals surface area contributed by atoms with Gasteiger partial charge in [0.05, 0.1) is 6.20 Å². The Morgan fingerprint density at radius 3 is 2.66 bits per heavy atom. The third-order valence-electron chi connectivity index (χ3n) is 5.45. The Hall–Kier alpha value is -3.70. The molecule has 2 aliphatic heterocycles. The van der Waals surface area contributed by atoms with Crippen molar-refractivity contribution in [3.8, 4) is 0 Å². The highest BCUT2D eigenvalue weighted by atomic mass is 19.4. The maximum Gasteiger partial charge on any atom is 0.413 e. The molecule has 0 aliphatic carbocycles. The molecule has 168 valence electrons. The smallest absolute Gasteiger partial charge is 0.337 e. The lowest BCUT2D eigenvalue weighted by atomic mass is 10.0. The van der Waals surface area contributed by atoms with Gasteiger partial charge < -0.3 is 10.2 Å². The molecule has 12 heteroatoms. The number of halogens is 3. The number of rotatable bonds is 4. The predicted molar refractivity (Wildman–Crippen MR) is 102 cm³/mol. The fourth-order valence-electron chi connectivity index (χ4n) is 3.87. The maximum absolute atomic E-state index is 13.5. The average Bonchev–Trinajstić information content (AvgIpc) is 3.28. The van der Waals surface area contributed by atoms with Crippen molar-refractivity contribution in [2.75, 3.05) is 0 Å². The normalized spacial score (nSPS) is 19.6. The summed E-state index contributed by atoms with van der Waals surface area (Å²) in [6, 6.07) is 0.871. The molecular formula is C20H18F3N5O4. The van der Waals surface area contributed by atoms with Gasteiger partial charge in [0.15, 0.2) is 6.04 Å². The second-order valence-electron chi connectivity index (χ2n) is 7.67. The van der Waals surface area contributed by atoms with Crippen molar-refractivity contribution in [3.05, 3.63) is 52.8 Å². The number of hydrogen-bond acceptors (Lipinski definition) is 5. The second kappa shape index (κ2) is 7.77. The molecule has 2 aliphatic rings. The van der Waals surface area contributed by atoms with Gasteiger partial charge in [-0.1, -0.05) is 0 Å². The number of nitrogens with one attached hydrogen (secondary N) is 2. The van der Waals surface area contributed by atoms with Gasteiger partial charge >= 0.3 is 6.18 Å². The minimum absolute atomic E-state index is 0.00681. The summed E-state index contributed by atoms with van der Waals surface area (Å²) in [7, 11) is 1.46. The molecule has 4 amide bonds. The first-order valence-corrected chi connectivity index (χ1v) is 9.68. The number of benzene rings is 1. The molecule has 0 spiro atoms. The summed E-state index contributed by atoms with van der Waals surface area (Å²) in [4.78, 5) is 50.1. The van der Waals surface area contributed by atoms with Crippen LogP contribution < -0.4 is 10.6 Å². The fraction of sp³-hybridized carbons (Fsp3) is 0.350. The number of imide groups is 1. The van der Waals surface area contributed by atoms with Crippen LogP contribution in [0.3, 0.4) is 0 Å². The summed E-state index contributed by atoms with van der Waals surface area (Å²) in [5.41, 5.74) is 0.400. The van der Waals surface area contributed by atoms with Gasteiger partial charge in [-0.05, 0) is 30.2 Å². The van der Waals surface area contributed by atoms with Gasteiger partial charge in [-0.15, -0.1) is 0 Å². The minimum atomic E-state index is -4.74. The molecule has 1 saturated heterocycles. The first-order valence-electron chi connectivity index (χ1n) is 9.68. The zero-order valence-electron chi connectivity index (χ0n) is 16.8. The molecule has 1 fully saturated rings. The SMILES string of the molecule is Cn1cc(C(NC(=O)c2ccc3c(c2)CN(C2CCC(=O)NC2=O)C3=O)C(F)(F)F)cn1. The molecule has 2 atom stereocenters. The van der Waals surface area contributed by atoms with E-state index in [1.807, 2.05) is 5.32 Å². The number of carbonyl (C=O) groups is 4. The van der Waals surface area contributed by atoms with E-state index in [2.05, 4.69) is 10.4 Å². The number of amides is 4. The summed E-state index contributed by atoms with van der Waals surface area (Å²) in [5.74, 6) is -2.40. The Labute approximate surface area is 179 Å². The Morgan fingerprint density at radius 1 is 1.28 bits per heavy atom. The molecule has 32 heavy (non-hydrogen) atoms. The van der Waals surface area contributed by atoms with Crippen LogP contribution in [0.4, 0.5) is 13.2 Å². The largest absolute Gasteiger partial charge is 0.413 e. The van der Waals surface area contributed by atoms with Crippen LogP contribution in [0.25, 0.3) is 0 Å². The lowest BCUT2D eigenvalue weighted by Crippen LogP contribution is -2.52. The summed E-state index contributed by atoms with van der Waals surface area (Å²) in [6.07, 6.45) is -2.28. The zero-order chi connectivity index (χ0) is 23.2. The lowest BCUT2D eigenvalue weighted by molar-refractivity contribution is -0.155. The van der Waals surface area contributed by atoms with Crippen LogP contribution >= 0.6 is 0 Å². The van der Waals surface area contributed by atoms with Crippen LogP contribution in [0.1, 0.15) is 50.7 Å². The zero-order valence-corrected chi connectivity index (χ0v) is 16.8. The van der Waals surface area contributed by atoms with Crippen molar-refractivity contribution in [2.24, 2.45) is 7.05 Å². The number of nitrogens with zero attached hydrogens (tertiary/aromatic N) is 3. The van der Waals surface area contributed by atoms with Gasteiger partial charge in [0.1, 0.15) is 6.04 Å². The molecule has 3 heterocycles. The number of aromatic nitrogens is 2. The number of fused-ring (bicyclic) bond motifs is 1. The predicted octanol–water partition coefficient (Wildman–Crippen LogP) is 1.21. The number of hydrogen-bond donors (Lipinski definition) is 2. The lowest BCUT2D eigenvalue weighted by Gasteiger charge is -2.29. The van der Waals surface area contributed by atoms with E-state index >= 15 is 0 Å². The molecule has 2 aromatic rings.